The average Bonchev–Trinajstić information content (AvgIpc) is 2.78. The minimum Gasteiger partial charge on any atom is -0.492 e. The summed E-state index contributed by atoms with van der Waals surface area (Å²) in [6.45, 7) is 4.49. The molecule has 0 bridgehead atoms. The fraction of sp³-hybridized carbons (Fsp3) is 0.167. The summed E-state index contributed by atoms with van der Waals surface area (Å²) in [5, 5.41) is 5.73. The maximum Gasteiger partial charge on any atom is 0.255 e. The molecule has 0 radical (unpaired) electrons. The number of anilines is 2. The van der Waals surface area contributed by atoms with Crippen LogP contribution in [0.1, 0.15) is 34.6 Å². The highest BCUT2D eigenvalue weighted by atomic mass is 16.5. The van der Waals surface area contributed by atoms with Crippen molar-refractivity contribution in [3.05, 3.63) is 83.9 Å². The Morgan fingerprint density at radius 2 is 1.03 bits per heavy atom. The topological polar surface area (TPSA) is 76.7 Å². The number of rotatable bonds is 8. The van der Waals surface area contributed by atoms with Crippen LogP contribution >= 0.6 is 0 Å². The average molecular weight is 404 g/mol. The van der Waals surface area contributed by atoms with Gasteiger partial charge in [-0.15, -0.1) is 0 Å². The molecule has 0 fully saturated rings. The van der Waals surface area contributed by atoms with Crippen LogP contribution in [0.25, 0.3) is 0 Å². The smallest absolute Gasteiger partial charge is 0.255 e. The van der Waals surface area contributed by atoms with Gasteiger partial charge in [-0.25, -0.2) is 0 Å². The van der Waals surface area contributed by atoms with Gasteiger partial charge in [-0.1, -0.05) is 36.4 Å². The van der Waals surface area contributed by atoms with E-state index < -0.39 is 0 Å². The Kier molecular flexibility index (Phi) is 7.05. The van der Waals surface area contributed by atoms with E-state index in [9.17, 15) is 9.59 Å². The molecule has 154 valence electrons. The first kappa shape index (κ1) is 20.9. The van der Waals surface area contributed by atoms with Crippen molar-refractivity contribution in [3.8, 4) is 11.5 Å². The molecule has 0 saturated heterocycles. The highest BCUT2D eigenvalue weighted by molar-refractivity contribution is 6.07. The fourth-order valence-corrected chi connectivity index (χ4v) is 2.87. The normalized spacial score (nSPS) is 10.2. The molecule has 3 aromatic carbocycles. The predicted molar refractivity (Wildman–Crippen MR) is 118 cm³/mol. The van der Waals surface area contributed by atoms with E-state index in [0.717, 1.165) is 0 Å². The molecule has 2 N–H and O–H groups in total. The van der Waals surface area contributed by atoms with Crippen molar-refractivity contribution in [1.29, 1.82) is 0 Å². The van der Waals surface area contributed by atoms with E-state index in [1.807, 2.05) is 26.0 Å². The zero-order valence-corrected chi connectivity index (χ0v) is 17.0. The number of benzene rings is 3. The molecule has 3 rings (SSSR count). The summed E-state index contributed by atoms with van der Waals surface area (Å²) < 4.78 is 11.4. The summed E-state index contributed by atoms with van der Waals surface area (Å²) in [4.78, 5) is 25.2. The standard InChI is InChI=1S/C24H24N2O4/c1-3-29-21-15-20(26-24(28)18-13-9-6-10-14-18)22(30-4-2)16-19(21)25-23(27)17-11-7-5-8-12-17/h5-16H,3-4H2,1-2H3,(H,25,27)(H,26,28). The molecule has 0 spiro atoms. The van der Waals surface area contributed by atoms with Crippen LogP contribution in [0.2, 0.25) is 0 Å². The minimum absolute atomic E-state index is 0.264. The van der Waals surface area contributed by atoms with Crippen molar-refractivity contribution in [2.75, 3.05) is 23.8 Å². The summed E-state index contributed by atoms with van der Waals surface area (Å²) in [5.41, 5.74) is 1.98. The quantitative estimate of drug-likeness (QED) is 0.555. The molecule has 6 heteroatoms. The maximum absolute atomic E-state index is 12.6. The first-order valence-electron chi connectivity index (χ1n) is 9.78. The molecule has 0 aliphatic rings. The molecule has 0 aromatic heterocycles. The molecule has 0 unspecified atom stereocenters. The van der Waals surface area contributed by atoms with Gasteiger partial charge in [0.1, 0.15) is 11.5 Å². The van der Waals surface area contributed by atoms with E-state index in [0.29, 0.717) is 47.2 Å². The van der Waals surface area contributed by atoms with Crippen LogP contribution in [0.5, 0.6) is 11.5 Å². The van der Waals surface area contributed by atoms with Crippen LogP contribution < -0.4 is 20.1 Å². The Bertz CT molecular complexity index is 921. The van der Waals surface area contributed by atoms with Gasteiger partial charge >= 0.3 is 0 Å². The molecule has 0 heterocycles. The highest BCUT2D eigenvalue weighted by Crippen LogP contribution is 2.37. The zero-order chi connectivity index (χ0) is 21.3. The van der Waals surface area contributed by atoms with E-state index in [1.54, 1.807) is 60.7 Å². The Morgan fingerprint density at radius 1 is 0.667 bits per heavy atom. The number of ether oxygens (including phenoxy) is 2. The third kappa shape index (κ3) is 5.17. The van der Waals surface area contributed by atoms with Crippen molar-refractivity contribution in [1.82, 2.24) is 0 Å². The first-order chi connectivity index (χ1) is 14.6. The second kappa shape index (κ2) is 10.1. The van der Waals surface area contributed by atoms with Gasteiger partial charge in [-0.3, -0.25) is 9.59 Å². The second-order valence-electron chi connectivity index (χ2n) is 6.35. The van der Waals surface area contributed by atoms with Crippen molar-refractivity contribution in [2.45, 2.75) is 13.8 Å². The predicted octanol–water partition coefficient (Wildman–Crippen LogP) is 4.99. The van der Waals surface area contributed by atoms with E-state index in [2.05, 4.69) is 10.6 Å². The third-order valence-corrected chi connectivity index (χ3v) is 4.25. The zero-order valence-electron chi connectivity index (χ0n) is 17.0. The van der Waals surface area contributed by atoms with Gasteiger partial charge in [0.15, 0.2) is 0 Å². The summed E-state index contributed by atoms with van der Waals surface area (Å²) >= 11 is 0. The van der Waals surface area contributed by atoms with Gasteiger partial charge in [0.05, 0.1) is 24.6 Å². The molecule has 6 nitrogen and oxygen atoms in total. The van der Waals surface area contributed by atoms with Gasteiger partial charge in [-0.05, 0) is 38.1 Å². The van der Waals surface area contributed by atoms with E-state index in [4.69, 9.17) is 9.47 Å². The lowest BCUT2D eigenvalue weighted by atomic mass is 10.1. The highest BCUT2D eigenvalue weighted by Gasteiger charge is 2.17. The molecule has 0 atom stereocenters. The number of nitrogens with one attached hydrogen (secondary N) is 2. The van der Waals surface area contributed by atoms with Crippen LogP contribution in [0.3, 0.4) is 0 Å². The Hall–Kier alpha value is -3.80. The van der Waals surface area contributed by atoms with Gasteiger partial charge in [0.2, 0.25) is 0 Å². The Morgan fingerprint density at radius 3 is 1.37 bits per heavy atom. The van der Waals surface area contributed by atoms with Crippen molar-refractivity contribution in [3.63, 3.8) is 0 Å². The largest absolute Gasteiger partial charge is 0.492 e. The van der Waals surface area contributed by atoms with Crippen LogP contribution in [-0.2, 0) is 0 Å². The SMILES string of the molecule is CCOc1cc(NC(=O)c2ccccc2)c(OCC)cc1NC(=O)c1ccccc1. The number of hydrogen-bond acceptors (Lipinski definition) is 4. The van der Waals surface area contributed by atoms with Gasteiger partial charge in [0, 0.05) is 23.3 Å². The molecule has 0 aliphatic heterocycles. The summed E-state index contributed by atoms with van der Waals surface area (Å²) in [5.74, 6) is 0.349. The van der Waals surface area contributed by atoms with Crippen LogP contribution in [0, 0.1) is 0 Å². The summed E-state index contributed by atoms with van der Waals surface area (Å²) in [6.07, 6.45) is 0. The van der Waals surface area contributed by atoms with Gasteiger partial charge in [0.25, 0.3) is 11.8 Å². The maximum atomic E-state index is 12.6. The van der Waals surface area contributed by atoms with Gasteiger partial charge in [-0.2, -0.15) is 0 Å². The summed E-state index contributed by atoms with van der Waals surface area (Å²) in [6, 6.07) is 21.1. The fourth-order valence-electron chi connectivity index (χ4n) is 2.87. The monoisotopic (exact) mass is 404 g/mol. The van der Waals surface area contributed by atoms with Crippen LogP contribution in [-0.4, -0.2) is 25.0 Å². The Labute approximate surface area is 175 Å². The number of carbonyl (C=O) groups excluding carboxylic acids is 2. The lowest BCUT2D eigenvalue weighted by Gasteiger charge is -2.18. The van der Waals surface area contributed by atoms with Crippen molar-refractivity contribution >= 4 is 23.2 Å². The molecule has 0 saturated carbocycles. The number of amides is 2. The minimum atomic E-state index is -0.264. The molecule has 0 aliphatic carbocycles. The van der Waals surface area contributed by atoms with E-state index >= 15 is 0 Å². The molecule has 3 aromatic rings. The molecular weight excluding hydrogens is 380 g/mol. The lowest BCUT2D eigenvalue weighted by molar-refractivity contribution is 0.101. The van der Waals surface area contributed by atoms with Crippen LogP contribution in [0.15, 0.2) is 72.8 Å². The lowest BCUT2D eigenvalue weighted by Crippen LogP contribution is -2.15. The Balaban J connectivity index is 1.92. The van der Waals surface area contributed by atoms with Crippen molar-refractivity contribution < 1.29 is 19.1 Å². The number of carbonyl (C=O) groups is 2. The third-order valence-electron chi connectivity index (χ3n) is 4.25. The first-order valence-corrected chi connectivity index (χ1v) is 9.78. The second-order valence-corrected chi connectivity index (χ2v) is 6.35. The summed E-state index contributed by atoms with van der Waals surface area (Å²) in [7, 11) is 0. The van der Waals surface area contributed by atoms with Crippen molar-refractivity contribution in [2.24, 2.45) is 0 Å². The van der Waals surface area contributed by atoms with E-state index in [-0.39, 0.29) is 11.8 Å². The van der Waals surface area contributed by atoms with Crippen LogP contribution in [0.4, 0.5) is 11.4 Å². The number of hydrogen-bond donors (Lipinski definition) is 2. The van der Waals surface area contributed by atoms with E-state index in [1.165, 1.54) is 0 Å². The van der Waals surface area contributed by atoms with Gasteiger partial charge < -0.3 is 20.1 Å². The molecular formula is C24H24N2O4. The molecule has 30 heavy (non-hydrogen) atoms. The molecule has 2 amide bonds.